The van der Waals surface area contributed by atoms with E-state index in [-0.39, 0.29) is 18.5 Å². The Morgan fingerprint density at radius 3 is 2.33 bits per heavy atom. The van der Waals surface area contributed by atoms with Crippen molar-refractivity contribution in [2.45, 2.75) is 32.0 Å². The van der Waals surface area contributed by atoms with E-state index in [1.807, 2.05) is 42.5 Å². The van der Waals surface area contributed by atoms with Gasteiger partial charge >= 0.3 is 5.97 Å². The van der Waals surface area contributed by atoms with Crippen molar-refractivity contribution in [2.24, 2.45) is 5.92 Å². The van der Waals surface area contributed by atoms with Gasteiger partial charge < -0.3 is 24.8 Å². The predicted molar refractivity (Wildman–Crippen MR) is 116 cm³/mol. The Balaban J connectivity index is 1.33. The molecule has 30 heavy (non-hydrogen) atoms. The second kappa shape index (κ2) is 11.7. The van der Waals surface area contributed by atoms with Crippen molar-refractivity contribution in [3.63, 3.8) is 0 Å². The highest BCUT2D eigenvalue weighted by molar-refractivity contribution is 5.72. The molecule has 162 valence electrons. The van der Waals surface area contributed by atoms with E-state index in [9.17, 15) is 9.90 Å². The monoisotopic (exact) mass is 412 g/mol. The number of β-amino-alcohol motifs (C(OH)–C–C–N with tert-alkyl or cyclic N) is 1. The maximum absolute atomic E-state index is 11.6. The molecule has 1 aliphatic rings. The Bertz CT molecular complexity index is 759. The van der Waals surface area contributed by atoms with Gasteiger partial charge in [0.15, 0.2) is 0 Å². The number of nitrogens with zero attached hydrogens (tertiary/aromatic N) is 1. The molecule has 1 atom stereocenters. The fraction of sp³-hybridized carbons (Fsp3) is 0.458. The average molecular weight is 413 g/mol. The van der Waals surface area contributed by atoms with Crippen molar-refractivity contribution >= 4 is 5.97 Å². The fourth-order valence-corrected chi connectivity index (χ4v) is 3.71. The van der Waals surface area contributed by atoms with Crippen LogP contribution < -0.4 is 10.1 Å². The van der Waals surface area contributed by atoms with Crippen LogP contribution in [0.2, 0.25) is 0 Å². The van der Waals surface area contributed by atoms with Crippen molar-refractivity contribution in [3.8, 4) is 5.75 Å². The van der Waals surface area contributed by atoms with Crippen LogP contribution in [0.25, 0.3) is 0 Å². The van der Waals surface area contributed by atoms with E-state index >= 15 is 0 Å². The molecular weight excluding hydrogens is 380 g/mol. The van der Waals surface area contributed by atoms with Gasteiger partial charge in [-0.15, -0.1) is 0 Å². The van der Waals surface area contributed by atoms with E-state index in [0.29, 0.717) is 6.54 Å². The van der Waals surface area contributed by atoms with E-state index < -0.39 is 6.10 Å². The molecule has 0 radical (unpaired) electrons. The largest absolute Gasteiger partial charge is 0.491 e. The number of likely N-dealkylation sites (tertiary alicyclic amines) is 1. The van der Waals surface area contributed by atoms with Crippen LogP contribution in [0.4, 0.5) is 0 Å². The molecule has 2 N–H and O–H groups in total. The molecule has 3 rings (SSSR count). The van der Waals surface area contributed by atoms with E-state index in [1.165, 1.54) is 18.2 Å². The first-order chi connectivity index (χ1) is 14.6. The standard InChI is InChI=1S/C24H32N2O4/c1-29-24(28)21-11-13-26(14-12-21)17-22(27)18-30-23-9-7-20(8-10-23)16-25-15-19-5-3-2-4-6-19/h2-10,21-22,25,27H,11-18H2,1H3/t22-/m1/s1. The number of hydrogen-bond donors (Lipinski definition) is 2. The quantitative estimate of drug-likeness (QED) is 0.585. The summed E-state index contributed by atoms with van der Waals surface area (Å²) in [7, 11) is 1.43. The minimum Gasteiger partial charge on any atom is -0.491 e. The molecule has 6 heteroatoms. The molecule has 1 fully saturated rings. The van der Waals surface area contributed by atoms with Crippen LogP contribution in [0, 0.1) is 5.92 Å². The van der Waals surface area contributed by atoms with E-state index in [4.69, 9.17) is 9.47 Å². The molecule has 0 bridgehead atoms. The highest BCUT2D eigenvalue weighted by atomic mass is 16.5. The van der Waals surface area contributed by atoms with Crippen molar-refractivity contribution in [1.29, 1.82) is 0 Å². The molecule has 1 heterocycles. The lowest BCUT2D eigenvalue weighted by molar-refractivity contribution is -0.147. The lowest BCUT2D eigenvalue weighted by Crippen LogP contribution is -2.42. The summed E-state index contributed by atoms with van der Waals surface area (Å²) < 4.78 is 10.6. The number of piperidine rings is 1. The van der Waals surface area contributed by atoms with Crippen molar-refractivity contribution in [1.82, 2.24) is 10.2 Å². The summed E-state index contributed by atoms with van der Waals surface area (Å²) in [6.45, 7) is 4.02. The summed E-state index contributed by atoms with van der Waals surface area (Å²) in [5.41, 5.74) is 2.45. The van der Waals surface area contributed by atoms with Gasteiger partial charge in [-0.1, -0.05) is 42.5 Å². The molecule has 0 amide bonds. The predicted octanol–water partition coefficient (Wildman–Crippen LogP) is 2.60. The van der Waals surface area contributed by atoms with Crippen LogP contribution in [0.1, 0.15) is 24.0 Å². The van der Waals surface area contributed by atoms with Gasteiger partial charge in [-0.25, -0.2) is 0 Å². The molecule has 2 aromatic carbocycles. The second-order valence-electron chi connectivity index (χ2n) is 7.80. The summed E-state index contributed by atoms with van der Waals surface area (Å²) in [5, 5.41) is 13.7. The summed E-state index contributed by atoms with van der Waals surface area (Å²) in [4.78, 5) is 13.8. The molecular formula is C24H32N2O4. The second-order valence-corrected chi connectivity index (χ2v) is 7.80. The molecule has 1 saturated heterocycles. The number of ether oxygens (including phenoxy) is 2. The zero-order chi connectivity index (χ0) is 21.2. The number of methoxy groups -OCH3 is 1. The number of esters is 1. The molecule has 0 unspecified atom stereocenters. The van der Waals surface area contributed by atoms with Crippen LogP contribution in [0.5, 0.6) is 5.75 Å². The molecule has 0 aromatic heterocycles. The Morgan fingerprint density at radius 2 is 1.70 bits per heavy atom. The highest BCUT2D eigenvalue weighted by Crippen LogP contribution is 2.19. The fourth-order valence-electron chi connectivity index (χ4n) is 3.71. The van der Waals surface area contributed by atoms with Crippen LogP contribution in [0.15, 0.2) is 54.6 Å². The van der Waals surface area contributed by atoms with Crippen LogP contribution in [-0.2, 0) is 22.6 Å². The lowest BCUT2D eigenvalue weighted by atomic mass is 9.97. The molecule has 1 aliphatic heterocycles. The maximum Gasteiger partial charge on any atom is 0.308 e. The third-order valence-corrected chi connectivity index (χ3v) is 5.46. The van der Waals surface area contributed by atoms with Gasteiger partial charge in [0.25, 0.3) is 0 Å². The number of nitrogens with one attached hydrogen (secondary N) is 1. The zero-order valence-corrected chi connectivity index (χ0v) is 17.6. The summed E-state index contributed by atoms with van der Waals surface area (Å²) >= 11 is 0. The van der Waals surface area contributed by atoms with E-state index in [2.05, 4.69) is 22.3 Å². The van der Waals surface area contributed by atoms with Crippen LogP contribution in [0.3, 0.4) is 0 Å². The number of rotatable bonds is 10. The third kappa shape index (κ3) is 7.13. The van der Waals surface area contributed by atoms with Gasteiger partial charge in [-0.2, -0.15) is 0 Å². The van der Waals surface area contributed by atoms with Crippen LogP contribution in [-0.4, -0.2) is 55.4 Å². The molecule has 6 nitrogen and oxygen atoms in total. The van der Waals surface area contributed by atoms with Crippen molar-refractivity contribution in [3.05, 3.63) is 65.7 Å². The van der Waals surface area contributed by atoms with Gasteiger partial charge in [0.1, 0.15) is 18.5 Å². The number of carbonyl (C=O) groups is 1. The van der Waals surface area contributed by atoms with Gasteiger partial charge in [0.2, 0.25) is 0 Å². The smallest absolute Gasteiger partial charge is 0.308 e. The Hall–Kier alpha value is -2.41. The molecule has 2 aromatic rings. The minimum absolute atomic E-state index is 0.0136. The van der Waals surface area contributed by atoms with Crippen molar-refractivity contribution in [2.75, 3.05) is 33.4 Å². The van der Waals surface area contributed by atoms with E-state index in [1.54, 1.807) is 0 Å². The summed E-state index contributed by atoms with van der Waals surface area (Å²) in [6.07, 6.45) is 0.993. The van der Waals surface area contributed by atoms with Gasteiger partial charge in [0.05, 0.1) is 13.0 Å². The number of carbonyl (C=O) groups excluding carboxylic acids is 1. The van der Waals surface area contributed by atoms with Crippen molar-refractivity contribution < 1.29 is 19.4 Å². The zero-order valence-electron chi connectivity index (χ0n) is 17.6. The summed E-state index contributed by atoms with van der Waals surface area (Å²) in [6, 6.07) is 18.3. The van der Waals surface area contributed by atoms with Gasteiger partial charge in [-0.3, -0.25) is 4.79 Å². The third-order valence-electron chi connectivity index (χ3n) is 5.46. The number of benzene rings is 2. The van der Waals surface area contributed by atoms with Crippen LogP contribution >= 0.6 is 0 Å². The molecule has 0 spiro atoms. The number of hydrogen-bond acceptors (Lipinski definition) is 6. The number of aliphatic hydroxyl groups is 1. The Labute approximate surface area is 178 Å². The lowest BCUT2D eigenvalue weighted by Gasteiger charge is -2.31. The topological polar surface area (TPSA) is 71.0 Å². The SMILES string of the molecule is COC(=O)C1CCN(C[C@@H](O)COc2ccc(CNCc3ccccc3)cc2)CC1. The van der Waals surface area contributed by atoms with Gasteiger partial charge in [0, 0.05) is 19.6 Å². The maximum atomic E-state index is 11.6. The minimum atomic E-state index is -0.563. The first kappa shape index (κ1) is 22.3. The first-order valence-corrected chi connectivity index (χ1v) is 10.6. The Kier molecular flexibility index (Phi) is 8.68. The highest BCUT2D eigenvalue weighted by Gasteiger charge is 2.26. The average Bonchev–Trinajstić information content (AvgIpc) is 2.79. The number of aliphatic hydroxyl groups excluding tert-OH is 1. The molecule has 0 aliphatic carbocycles. The summed E-state index contributed by atoms with van der Waals surface area (Å²) in [5.74, 6) is 0.614. The van der Waals surface area contributed by atoms with E-state index in [0.717, 1.165) is 44.8 Å². The normalized spacial score (nSPS) is 16.2. The Morgan fingerprint density at radius 1 is 1.07 bits per heavy atom. The molecule has 0 saturated carbocycles. The first-order valence-electron chi connectivity index (χ1n) is 10.6. The van der Waals surface area contributed by atoms with Gasteiger partial charge in [-0.05, 0) is 49.2 Å².